The molecule has 4 rings (SSSR count). The summed E-state index contributed by atoms with van der Waals surface area (Å²) >= 11 is 0. The summed E-state index contributed by atoms with van der Waals surface area (Å²) in [6.07, 6.45) is 1.66. The Morgan fingerprint density at radius 3 is 2.48 bits per heavy atom. The average Bonchev–Trinajstić information content (AvgIpc) is 3.21. The number of hydrogen-bond donors (Lipinski definition) is 2. The molecule has 168 valence electrons. The first kappa shape index (κ1) is 23.6. The van der Waals surface area contributed by atoms with E-state index in [0.29, 0.717) is 37.4 Å². The van der Waals surface area contributed by atoms with Crippen LogP contribution in [0.15, 0.2) is 42.6 Å². The van der Waals surface area contributed by atoms with E-state index in [1.165, 1.54) is 12.1 Å². The van der Waals surface area contributed by atoms with Crippen molar-refractivity contribution in [2.45, 2.75) is 25.4 Å². The van der Waals surface area contributed by atoms with E-state index < -0.39 is 23.2 Å². The number of rotatable bonds is 3. The summed E-state index contributed by atoms with van der Waals surface area (Å²) in [6, 6.07) is 9.01. The largest absolute Gasteiger partial charge is 0.383 e. The normalized spacial score (nSPS) is 30.7. The summed E-state index contributed by atoms with van der Waals surface area (Å²) < 4.78 is 27.7. The number of pyridine rings is 1. The molecule has 0 saturated carbocycles. The first-order valence-corrected chi connectivity index (χ1v) is 10.4. The monoisotopic (exact) mass is 451 g/mol. The molecule has 5 atom stereocenters. The van der Waals surface area contributed by atoms with Crippen LogP contribution in [0.5, 0.6) is 0 Å². The van der Waals surface area contributed by atoms with Gasteiger partial charge < -0.3 is 15.3 Å². The Labute approximate surface area is 187 Å². The summed E-state index contributed by atoms with van der Waals surface area (Å²) in [7, 11) is 0. The number of likely N-dealkylation sites (tertiary alicyclic amines) is 1. The van der Waals surface area contributed by atoms with Crippen LogP contribution in [0, 0.1) is 29.4 Å². The molecule has 0 aliphatic carbocycles. The van der Waals surface area contributed by atoms with Gasteiger partial charge >= 0.3 is 0 Å². The van der Waals surface area contributed by atoms with Crippen LogP contribution < -0.4 is 5.32 Å². The second kappa shape index (κ2) is 9.18. The molecule has 1 amide bonds. The number of nitrogens with one attached hydrogen (secondary N) is 1. The van der Waals surface area contributed by atoms with E-state index in [4.69, 9.17) is 0 Å². The summed E-state index contributed by atoms with van der Waals surface area (Å²) in [5.41, 5.74) is -0.136. The van der Waals surface area contributed by atoms with Crippen molar-refractivity contribution in [3.05, 3.63) is 65.5 Å². The molecular formula is C23H28ClF2N3O2. The van der Waals surface area contributed by atoms with Gasteiger partial charge in [0.25, 0.3) is 0 Å². The van der Waals surface area contributed by atoms with Crippen molar-refractivity contribution in [2.24, 2.45) is 17.8 Å². The molecule has 1 aromatic carbocycles. The minimum Gasteiger partial charge on any atom is -0.383 e. The average molecular weight is 452 g/mol. The molecule has 2 aliphatic rings. The molecule has 31 heavy (non-hydrogen) atoms. The number of hydrogen-bond acceptors (Lipinski definition) is 4. The maximum absolute atomic E-state index is 14.4. The standard InChI is InChI=1S/C23H27F2N3O2.ClH/c1-14-12-28(13-15(2)23(14,30)21-5-3-4-8-27-21)22(29)19-11-26-10-18(19)17-7-6-16(24)9-20(17)25;/h3-9,14-15,18-19,26,30H,10-13H2,1-2H3;1H/t14-,15+,18-,19+,23+;/m0./s1. The Balaban J connectivity index is 0.00000272. The molecule has 0 bridgehead atoms. The molecule has 0 spiro atoms. The topological polar surface area (TPSA) is 65.5 Å². The summed E-state index contributed by atoms with van der Waals surface area (Å²) in [4.78, 5) is 19.5. The summed E-state index contributed by atoms with van der Waals surface area (Å²) in [5, 5.41) is 14.6. The summed E-state index contributed by atoms with van der Waals surface area (Å²) in [5.74, 6) is -2.50. The van der Waals surface area contributed by atoms with Gasteiger partial charge in [-0.15, -0.1) is 12.4 Å². The van der Waals surface area contributed by atoms with E-state index >= 15 is 0 Å². The van der Waals surface area contributed by atoms with Crippen molar-refractivity contribution in [3.8, 4) is 0 Å². The zero-order valence-electron chi connectivity index (χ0n) is 17.6. The van der Waals surface area contributed by atoms with Crippen molar-refractivity contribution < 1.29 is 18.7 Å². The SMILES string of the molecule is C[C@@H]1CN(C(=O)[C@@H]2CNC[C@H]2c2ccc(F)cc2F)C[C@H](C)[C@]1(O)c1ccccn1.Cl. The molecule has 0 radical (unpaired) electrons. The van der Waals surface area contributed by atoms with Crippen molar-refractivity contribution in [2.75, 3.05) is 26.2 Å². The number of nitrogens with zero attached hydrogens (tertiary/aromatic N) is 2. The fourth-order valence-electron chi connectivity index (χ4n) is 5.09. The molecule has 8 heteroatoms. The second-order valence-electron chi connectivity index (χ2n) is 8.62. The van der Waals surface area contributed by atoms with Gasteiger partial charge in [-0.1, -0.05) is 26.0 Å². The van der Waals surface area contributed by atoms with Crippen LogP contribution in [-0.4, -0.2) is 47.1 Å². The van der Waals surface area contributed by atoms with Crippen molar-refractivity contribution in [1.82, 2.24) is 15.2 Å². The van der Waals surface area contributed by atoms with Gasteiger partial charge in [-0.3, -0.25) is 9.78 Å². The molecule has 2 N–H and O–H groups in total. The first-order chi connectivity index (χ1) is 14.3. The third-order valence-corrected chi connectivity index (χ3v) is 6.77. The molecular weight excluding hydrogens is 424 g/mol. The van der Waals surface area contributed by atoms with Gasteiger partial charge in [-0.05, 0) is 23.8 Å². The Kier molecular flexibility index (Phi) is 6.98. The van der Waals surface area contributed by atoms with E-state index in [2.05, 4.69) is 10.3 Å². The predicted octanol–water partition coefficient (Wildman–Crippen LogP) is 3.09. The number of aromatic nitrogens is 1. The van der Waals surface area contributed by atoms with Crippen molar-refractivity contribution in [1.29, 1.82) is 0 Å². The van der Waals surface area contributed by atoms with Gasteiger partial charge in [0.05, 0.1) is 11.6 Å². The Hall–Kier alpha value is -2.09. The smallest absolute Gasteiger partial charge is 0.227 e. The molecule has 0 unspecified atom stereocenters. The number of benzene rings is 1. The number of carbonyl (C=O) groups is 1. The lowest BCUT2D eigenvalue weighted by molar-refractivity contribution is -0.153. The lowest BCUT2D eigenvalue weighted by atomic mass is 9.72. The van der Waals surface area contributed by atoms with Crippen LogP contribution in [0.3, 0.4) is 0 Å². The van der Waals surface area contributed by atoms with Gasteiger partial charge in [0.1, 0.15) is 17.2 Å². The highest BCUT2D eigenvalue weighted by Crippen LogP contribution is 2.41. The minimum absolute atomic E-state index is 0. The second-order valence-corrected chi connectivity index (χ2v) is 8.62. The number of carbonyl (C=O) groups excluding carboxylic acids is 1. The molecule has 2 fully saturated rings. The van der Waals surface area contributed by atoms with Crippen molar-refractivity contribution in [3.63, 3.8) is 0 Å². The molecule has 2 aromatic rings. The number of aliphatic hydroxyl groups is 1. The Morgan fingerprint density at radius 2 is 1.87 bits per heavy atom. The highest BCUT2D eigenvalue weighted by molar-refractivity contribution is 5.85. The molecule has 2 saturated heterocycles. The highest BCUT2D eigenvalue weighted by atomic mass is 35.5. The molecule has 2 aliphatic heterocycles. The van der Waals surface area contributed by atoms with Crippen molar-refractivity contribution >= 4 is 18.3 Å². The highest BCUT2D eigenvalue weighted by Gasteiger charge is 2.49. The van der Waals surface area contributed by atoms with Crippen LogP contribution >= 0.6 is 12.4 Å². The quantitative estimate of drug-likeness (QED) is 0.752. The Bertz CT molecular complexity index is 918. The van der Waals surface area contributed by atoms with E-state index in [0.717, 1.165) is 6.07 Å². The fraction of sp³-hybridized carbons (Fsp3) is 0.478. The number of halogens is 3. The third kappa shape index (κ3) is 4.19. The lowest BCUT2D eigenvalue weighted by Crippen LogP contribution is -2.57. The zero-order valence-corrected chi connectivity index (χ0v) is 18.4. The van der Waals surface area contributed by atoms with Gasteiger partial charge in [-0.25, -0.2) is 8.78 Å². The van der Waals surface area contributed by atoms with Gasteiger partial charge in [-0.2, -0.15) is 0 Å². The maximum Gasteiger partial charge on any atom is 0.227 e. The van der Waals surface area contributed by atoms with Crippen LogP contribution in [-0.2, 0) is 10.4 Å². The number of piperidine rings is 1. The maximum atomic E-state index is 14.4. The van der Waals surface area contributed by atoms with Crippen LogP contribution in [0.2, 0.25) is 0 Å². The summed E-state index contributed by atoms with van der Waals surface area (Å²) in [6.45, 7) is 5.56. The van der Waals surface area contributed by atoms with E-state index in [1.807, 2.05) is 32.0 Å². The zero-order chi connectivity index (χ0) is 21.5. The molecule has 1 aromatic heterocycles. The first-order valence-electron chi connectivity index (χ1n) is 10.4. The third-order valence-electron chi connectivity index (χ3n) is 6.77. The predicted molar refractivity (Wildman–Crippen MR) is 116 cm³/mol. The number of amides is 1. The lowest BCUT2D eigenvalue weighted by Gasteiger charge is -2.48. The van der Waals surface area contributed by atoms with Crippen LogP contribution in [0.25, 0.3) is 0 Å². The van der Waals surface area contributed by atoms with Crippen LogP contribution in [0.4, 0.5) is 8.78 Å². The van der Waals surface area contributed by atoms with Crippen LogP contribution in [0.1, 0.15) is 31.0 Å². The fourth-order valence-corrected chi connectivity index (χ4v) is 5.09. The van der Waals surface area contributed by atoms with E-state index in [-0.39, 0.29) is 36.1 Å². The van der Waals surface area contributed by atoms with E-state index in [1.54, 1.807) is 11.1 Å². The minimum atomic E-state index is -1.12. The van der Waals surface area contributed by atoms with Gasteiger partial charge in [0.15, 0.2) is 0 Å². The van der Waals surface area contributed by atoms with Gasteiger partial charge in [0, 0.05) is 56.2 Å². The molecule has 5 nitrogen and oxygen atoms in total. The van der Waals surface area contributed by atoms with E-state index in [9.17, 15) is 18.7 Å². The van der Waals surface area contributed by atoms with Gasteiger partial charge in [0.2, 0.25) is 5.91 Å². The Morgan fingerprint density at radius 1 is 1.16 bits per heavy atom. The molecule has 3 heterocycles.